The lowest BCUT2D eigenvalue weighted by Gasteiger charge is -2.48. The maximum Gasteiger partial charge on any atom is 0.268 e. The quantitative estimate of drug-likeness (QED) is 0.840. The number of likely N-dealkylation sites (N-methyl/N-ethyl adjacent to an activating group) is 2. The van der Waals surface area contributed by atoms with Crippen LogP contribution >= 0.6 is 0 Å². The van der Waals surface area contributed by atoms with Crippen LogP contribution in [0.4, 0.5) is 11.5 Å². The van der Waals surface area contributed by atoms with Crippen LogP contribution in [0.15, 0.2) is 16.9 Å². The molecule has 29 heavy (non-hydrogen) atoms. The van der Waals surface area contributed by atoms with Crippen molar-refractivity contribution >= 4 is 22.5 Å². The summed E-state index contributed by atoms with van der Waals surface area (Å²) in [5.41, 5.74) is 2.49. The third-order valence-electron chi connectivity index (χ3n) is 6.76. The molecule has 0 atom stereocenters. The number of nitrogens with zero attached hydrogens (tertiary/aromatic N) is 5. The van der Waals surface area contributed by atoms with Gasteiger partial charge >= 0.3 is 0 Å². The second kappa shape index (κ2) is 7.68. The monoisotopic (exact) mass is 394 g/mol. The smallest absolute Gasteiger partial charge is 0.268 e. The van der Waals surface area contributed by atoms with E-state index in [4.69, 9.17) is 4.98 Å². The first-order chi connectivity index (χ1) is 13.9. The van der Waals surface area contributed by atoms with Crippen molar-refractivity contribution in [3.05, 3.63) is 28.0 Å². The van der Waals surface area contributed by atoms with Crippen molar-refractivity contribution in [3.63, 3.8) is 0 Å². The Morgan fingerprint density at radius 1 is 1.17 bits per heavy atom. The third-order valence-corrected chi connectivity index (χ3v) is 6.76. The first kappa shape index (κ1) is 19.7. The van der Waals surface area contributed by atoms with Gasteiger partial charge in [-0.25, -0.2) is 4.98 Å². The highest BCUT2D eigenvalue weighted by molar-refractivity contribution is 5.92. The van der Waals surface area contributed by atoms with Crippen LogP contribution in [0.2, 0.25) is 0 Å². The zero-order valence-corrected chi connectivity index (χ0v) is 17.7. The van der Waals surface area contributed by atoms with E-state index in [-0.39, 0.29) is 11.1 Å². The Balaban J connectivity index is 1.73. The molecule has 2 aromatic rings. The van der Waals surface area contributed by atoms with Gasteiger partial charge in [0.05, 0.1) is 11.2 Å². The largest absolute Gasteiger partial charge is 0.368 e. The topological polar surface area (TPSA) is 79.3 Å². The highest BCUT2D eigenvalue weighted by Crippen LogP contribution is 2.49. The second-order valence-corrected chi connectivity index (χ2v) is 8.92. The SMILES string of the molecule is CN(C)CCN(C)c1ccc2[nH]c(=O)c(C#N)c(N3CCC4(CCC4)CC3)c2n1. The highest BCUT2D eigenvalue weighted by Gasteiger charge is 2.40. The standard InChI is InChI=1S/C22H30N6O/c1-26(2)13-14-27(3)18-6-5-17-19(25-18)20(16(15-23)21(29)24-17)28-11-9-22(10-12-28)7-4-8-22/h5-6H,4,7-14H2,1-3H3,(H,24,29). The Kier molecular flexibility index (Phi) is 5.22. The Bertz CT molecular complexity index is 991. The summed E-state index contributed by atoms with van der Waals surface area (Å²) in [6.07, 6.45) is 6.24. The van der Waals surface area contributed by atoms with Crippen LogP contribution in [-0.2, 0) is 0 Å². The predicted octanol–water partition coefficient (Wildman–Crippen LogP) is 2.56. The fraction of sp³-hybridized carbons (Fsp3) is 0.591. The number of anilines is 2. The average molecular weight is 395 g/mol. The zero-order chi connectivity index (χ0) is 20.6. The van der Waals surface area contributed by atoms with Crippen molar-refractivity contribution in [2.75, 3.05) is 57.1 Å². The summed E-state index contributed by atoms with van der Waals surface area (Å²) in [5.74, 6) is 0.851. The Morgan fingerprint density at radius 3 is 2.48 bits per heavy atom. The van der Waals surface area contributed by atoms with E-state index in [1.54, 1.807) is 0 Å². The maximum atomic E-state index is 12.6. The van der Waals surface area contributed by atoms with Gasteiger partial charge in [-0.3, -0.25) is 4.79 Å². The molecule has 2 aromatic heterocycles. The fourth-order valence-corrected chi connectivity index (χ4v) is 4.61. The summed E-state index contributed by atoms with van der Waals surface area (Å²) in [6, 6.07) is 5.99. The summed E-state index contributed by atoms with van der Waals surface area (Å²) >= 11 is 0. The first-order valence-electron chi connectivity index (χ1n) is 10.5. The van der Waals surface area contributed by atoms with Crippen molar-refractivity contribution in [1.29, 1.82) is 5.26 Å². The molecule has 1 aliphatic carbocycles. The zero-order valence-electron chi connectivity index (χ0n) is 17.7. The Hall–Kier alpha value is -2.59. The minimum Gasteiger partial charge on any atom is -0.368 e. The summed E-state index contributed by atoms with van der Waals surface area (Å²) in [6.45, 7) is 3.54. The third kappa shape index (κ3) is 3.69. The maximum absolute atomic E-state index is 12.6. The van der Waals surface area contributed by atoms with Crippen LogP contribution in [0.1, 0.15) is 37.7 Å². The van der Waals surface area contributed by atoms with Crippen molar-refractivity contribution < 1.29 is 0 Å². The lowest BCUT2D eigenvalue weighted by atomic mass is 9.63. The van der Waals surface area contributed by atoms with E-state index in [0.717, 1.165) is 50.4 Å². The molecular formula is C22H30N6O. The molecule has 1 saturated carbocycles. The predicted molar refractivity (Wildman–Crippen MR) is 117 cm³/mol. The molecule has 7 nitrogen and oxygen atoms in total. The van der Waals surface area contributed by atoms with Crippen LogP contribution in [0.5, 0.6) is 0 Å². The number of aromatic nitrogens is 2. The number of piperidine rings is 1. The molecule has 1 spiro atoms. The van der Waals surface area contributed by atoms with Gasteiger partial charge in [-0.1, -0.05) is 6.42 Å². The van der Waals surface area contributed by atoms with Gasteiger partial charge < -0.3 is 19.7 Å². The lowest BCUT2D eigenvalue weighted by Crippen LogP contribution is -2.44. The molecular weight excluding hydrogens is 364 g/mol. The lowest BCUT2D eigenvalue weighted by molar-refractivity contribution is 0.0955. The van der Waals surface area contributed by atoms with E-state index < -0.39 is 0 Å². The highest BCUT2D eigenvalue weighted by atomic mass is 16.1. The molecule has 4 rings (SSSR count). The van der Waals surface area contributed by atoms with Gasteiger partial charge in [-0.2, -0.15) is 5.26 Å². The van der Waals surface area contributed by atoms with Gasteiger partial charge in [0.1, 0.15) is 23.0 Å². The minimum atomic E-state index is -0.325. The van der Waals surface area contributed by atoms with E-state index in [2.05, 4.69) is 39.8 Å². The summed E-state index contributed by atoms with van der Waals surface area (Å²) in [7, 11) is 6.12. The average Bonchev–Trinajstić information content (AvgIpc) is 2.69. The van der Waals surface area contributed by atoms with E-state index in [9.17, 15) is 10.1 Å². The van der Waals surface area contributed by atoms with E-state index in [0.29, 0.717) is 16.6 Å². The van der Waals surface area contributed by atoms with E-state index in [1.807, 2.05) is 19.2 Å². The van der Waals surface area contributed by atoms with E-state index >= 15 is 0 Å². The van der Waals surface area contributed by atoms with Gasteiger partial charge in [0.25, 0.3) is 5.56 Å². The molecule has 0 unspecified atom stereocenters. The second-order valence-electron chi connectivity index (χ2n) is 8.92. The number of nitrogens with one attached hydrogen (secondary N) is 1. The molecule has 1 saturated heterocycles. The van der Waals surface area contributed by atoms with Gasteiger partial charge in [0, 0.05) is 33.2 Å². The molecule has 0 aromatic carbocycles. The fourth-order valence-electron chi connectivity index (χ4n) is 4.61. The number of hydrogen-bond acceptors (Lipinski definition) is 6. The van der Waals surface area contributed by atoms with Crippen molar-refractivity contribution in [1.82, 2.24) is 14.9 Å². The summed E-state index contributed by atoms with van der Waals surface area (Å²) in [4.78, 5) is 26.8. The summed E-state index contributed by atoms with van der Waals surface area (Å²) in [5, 5.41) is 9.73. The number of nitriles is 1. The molecule has 0 bridgehead atoms. The molecule has 0 radical (unpaired) electrons. The molecule has 1 N–H and O–H groups in total. The van der Waals surface area contributed by atoms with Crippen molar-refractivity contribution in [2.45, 2.75) is 32.1 Å². The number of hydrogen-bond donors (Lipinski definition) is 1. The number of aromatic amines is 1. The van der Waals surface area contributed by atoms with Crippen LogP contribution in [0.3, 0.4) is 0 Å². The first-order valence-corrected chi connectivity index (χ1v) is 10.5. The molecule has 1 aliphatic heterocycles. The van der Waals surface area contributed by atoms with Gasteiger partial charge in [0.2, 0.25) is 0 Å². The number of pyridine rings is 2. The van der Waals surface area contributed by atoms with Crippen LogP contribution in [-0.4, -0.2) is 62.2 Å². The normalized spacial score (nSPS) is 18.1. The summed E-state index contributed by atoms with van der Waals surface area (Å²) < 4.78 is 0. The Labute approximate surface area is 171 Å². The number of H-pyrrole nitrogens is 1. The molecule has 2 fully saturated rings. The molecule has 154 valence electrons. The van der Waals surface area contributed by atoms with Crippen LogP contribution < -0.4 is 15.4 Å². The van der Waals surface area contributed by atoms with Gasteiger partial charge in [0.15, 0.2) is 0 Å². The van der Waals surface area contributed by atoms with Crippen LogP contribution in [0, 0.1) is 16.7 Å². The van der Waals surface area contributed by atoms with Crippen LogP contribution in [0.25, 0.3) is 11.0 Å². The van der Waals surface area contributed by atoms with Gasteiger partial charge in [-0.05, 0) is 57.3 Å². The molecule has 2 aliphatic rings. The van der Waals surface area contributed by atoms with Crippen molar-refractivity contribution in [2.24, 2.45) is 5.41 Å². The number of fused-ring (bicyclic) bond motifs is 1. The minimum absolute atomic E-state index is 0.183. The molecule has 7 heteroatoms. The number of rotatable bonds is 5. The van der Waals surface area contributed by atoms with E-state index in [1.165, 1.54) is 19.3 Å². The molecule has 3 heterocycles. The Morgan fingerprint density at radius 2 is 1.90 bits per heavy atom. The van der Waals surface area contributed by atoms with Gasteiger partial charge in [-0.15, -0.1) is 0 Å². The van der Waals surface area contributed by atoms with Crippen molar-refractivity contribution in [3.8, 4) is 6.07 Å². The molecule has 0 amide bonds.